The second-order valence-corrected chi connectivity index (χ2v) is 6.18. The lowest BCUT2D eigenvalue weighted by molar-refractivity contribution is -0.128. The molecular weight excluding hydrogens is 286 g/mol. The zero-order chi connectivity index (χ0) is 15.5. The predicted molar refractivity (Wildman–Crippen MR) is 70.9 cm³/mol. The van der Waals surface area contributed by atoms with Gasteiger partial charge in [-0.2, -0.15) is 0 Å². The van der Waals surface area contributed by atoms with Crippen molar-refractivity contribution in [2.45, 2.75) is 11.3 Å². The number of sulfonamides is 1. The molecule has 2 N–H and O–H groups in total. The maximum atomic E-state index is 11.9. The first-order chi connectivity index (χ1) is 9.15. The molecule has 1 aromatic rings. The zero-order valence-corrected chi connectivity index (χ0v) is 12.3. The summed E-state index contributed by atoms with van der Waals surface area (Å²) in [5, 5.41) is 8.87. The van der Waals surface area contributed by atoms with Gasteiger partial charge in [-0.1, -0.05) is 0 Å². The van der Waals surface area contributed by atoms with E-state index in [-0.39, 0.29) is 29.5 Å². The summed E-state index contributed by atoms with van der Waals surface area (Å²) >= 11 is 0. The van der Waals surface area contributed by atoms with Gasteiger partial charge in [-0.05, 0) is 6.07 Å². The fourth-order valence-electron chi connectivity index (χ4n) is 1.49. The highest BCUT2D eigenvalue weighted by Crippen LogP contribution is 2.13. The van der Waals surface area contributed by atoms with Gasteiger partial charge in [0, 0.05) is 40.3 Å². The third-order valence-electron chi connectivity index (χ3n) is 2.64. The van der Waals surface area contributed by atoms with Crippen LogP contribution in [0.2, 0.25) is 0 Å². The van der Waals surface area contributed by atoms with E-state index in [1.165, 1.54) is 22.7 Å². The van der Waals surface area contributed by atoms with Crippen LogP contribution < -0.4 is 4.72 Å². The molecule has 0 unspecified atom stereocenters. The van der Waals surface area contributed by atoms with Crippen molar-refractivity contribution >= 4 is 21.9 Å². The van der Waals surface area contributed by atoms with Gasteiger partial charge in [-0.3, -0.25) is 4.79 Å². The molecule has 0 fully saturated rings. The Morgan fingerprint density at radius 1 is 1.40 bits per heavy atom. The normalized spacial score (nSPS) is 11.3. The van der Waals surface area contributed by atoms with Crippen LogP contribution >= 0.6 is 0 Å². The molecule has 1 amide bonds. The molecule has 8 nitrogen and oxygen atoms in total. The number of aryl methyl sites for hydroxylation is 1. The van der Waals surface area contributed by atoms with Crippen LogP contribution in [0.1, 0.15) is 16.9 Å². The predicted octanol–water partition coefficient (Wildman–Crippen LogP) is -0.520. The highest BCUT2D eigenvalue weighted by Gasteiger charge is 2.20. The van der Waals surface area contributed by atoms with E-state index in [0.29, 0.717) is 0 Å². The maximum Gasteiger partial charge on any atom is 0.352 e. The summed E-state index contributed by atoms with van der Waals surface area (Å²) in [4.78, 5) is 23.4. The quantitative estimate of drug-likeness (QED) is 0.735. The molecule has 0 saturated carbocycles. The Balaban J connectivity index is 2.77. The second kappa shape index (κ2) is 6.06. The number of rotatable bonds is 6. The van der Waals surface area contributed by atoms with E-state index in [9.17, 15) is 18.0 Å². The Kier molecular flexibility index (Phi) is 4.90. The van der Waals surface area contributed by atoms with Crippen LogP contribution in [-0.2, 0) is 21.9 Å². The first kappa shape index (κ1) is 16.2. The van der Waals surface area contributed by atoms with Crippen LogP contribution in [-0.4, -0.2) is 55.5 Å². The smallest absolute Gasteiger partial charge is 0.352 e. The van der Waals surface area contributed by atoms with Crippen molar-refractivity contribution in [3.8, 4) is 0 Å². The van der Waals surface area contributed by atoms with Crippen molar-refractivity contribution in [1.29, 1.82) is 0 Å². The third-order valence-corrected chi connectivity index (χ3v) is 4.07. The molecule has 0 radical (unpaired) electrons. The van der Waals surface area contributed by atoms with E-state index in [1.54, 1.807) is 14.1 Å². The van der Waals surface area contributed by atoms with Gasteiger partial charge >= 0.3 is 5.97 Å². The van der Waals surface area contributed by atoms with Gasteiger partial charge in [0.25, 0.3) is 0 Å². The minimum Gasteiger partial charge on any atom is -0.477 e. The number of hydrogen-bond donors (Lipinski definition) is 2. The van der Waals surface area contributed by atoms with Crippen molar-refractivity contribution < 1.29 is 23.1 Å². The van der Waals surface area contributed by atoms with Gasteiger partial charge in [0.2, 0.25) is 15.9 Å². The number of aromatic carboxylic acids is 1. The Morgan fingerprint density at radius 3 is 2.45 bits per heavy atom. The molecule has 20 heavy (non-hydrogen) atoms. The second-order valence-electron chi connectivity index (χ2n) is 4.41. The topological polar surface area (TPSA) is 109 Å². The largest absolute Gasteiger partial charge is 0.477 e. The molecule has 112 valence electrons. The number of aromatic nitrogens is 1. The van der Waals surface area contributed by atoms with E-state index in [4.69, 9.17) is 5.11 Å². The summed E-state index contributed by atoms with van der Waals surface area (Å²) in [7, 11) is 0.774. The number of carboxylic acid groups (broad SMARTS) is 1. The van der Waals surface area contributed by atoms with Crippen LogP contribution in [0.15, 0.2) is 17.2 Å². The summed E-state index contributed by atoms with van der Waals surface area (Å²) in [5.74, 6) is -1.41. The third kappa shape index (κ3) is 3.81. The summed E-state index contributed by atoms with van der Waals surface area (Å²) < 4.78 is 27.3. The summed E-state index contributed by atoms with van der Waals surface area (Å²) in [6, 6.07) is 1.07. The first-order valence-corrected chi connectivity index (χ1v) is 7.23. The van der Waals surface area contributed by atoms with E-state index < -0.39 is 16.0 Å². The van der Waals surface area contributed by atoms with Crippen LogP contribution in [0.25, 0.3) is 0 Å². The average molecular weight is 303 g/mol. The minimum absolute atomic E-state index is 0.0326. The molecule has 0 aliphatic heterocycles. The van der Waals surface area contributed by atoms with Gasteiger partial charge in [-0.15, -0.1) is 0 Å². The number of hydrogen-bond acceptors (Lipinski definition) is 4. The molecule has 0 saturated heterocycles. The Labute approximate surface area is 117 Å². The molecule has 0 aromatic carbocycles. The fourth-order valence-corrected chi connectivity index (χ4v) is 2.59. The summed E-state index contributed by atoms with van der Waals surface area (Å²) in [6.45, 7) is -0.0450. The fraction of sp³-hybridized carbons (Fsp3) is 0.455. The molecule has 1 heterocycles. The van der Waals surface area contributed by atoms with Crippen molar-refractivity contribution in [3.05, 3.63) is 18.0 Å². The SMILES string of the molecule is CN(C)C(=O)CCNS(=O)(=O)c1cc(C(=O)O)n(C)c1. The molecular formula is C11H17N3O5S. The highest BCUT2D eigenvalue weighted by molar-refractivity contribution is 7.89. The zero-order valence-electron chi connectivity index (χ0n) is 11.5. The highest BCUT2D eigenvalue weighted by atomic mass is 32.2. The van der Waals surface area contributed by atoms with Gasteiger partial charge in [-0.25, -0.2) is 17.9 Å². The maximum absolute atomic E-state index is 11.9. The standard InChI is InChI=1S/C11H17N3O5S/c1-13(2)10(15)4-5-12-20(18,19)8-6-9(11(16)17)14(3)7-8/h6-7,12H,4-5H2,1-3H3,(H,16,17). The minimum atomic E-state index is -3.82. The number of nitrogens with zero attached hydrogens (tertiary/aromatic N) is 2. The van der Waals surface area contributed by atoms with Crippen LogP contribution in [0.4, 0.5) is 0 Å². The Bertz CT molecular complexity index is 618. The van der Waals surface area contributed by atoms with E-state index in [2.05, 4.69) is 4.72 Å². The number of carbonyl (C=O) groups excluding carboxylic acids is 1. The lowest BCUT2D eigenvalue weighted by atomic mass is 10.4. The van der Waals surface area contributed by atoms with E-state index in [0.717, 1.165) is 6.07 Å². The molecule has 0 bridgehead atoms. The van der Waals surface area contributed by atoms with Crippen molar-refractivity contribution in [3.63, 3.8) is 0 Å². The summed E-state index contributed by atoms with van der Waals surface area (Å²) in [6.07, 6.45) is 1.24. The first-order valence-electron chi connectivity index (χ1n) is 5.74. The van der Waals surface area contributed by atoms with Crippen molar-refractivity contribution in [2.75, 3.05) is 20.6 Å². The lowest BCUT2D eigenvalue weighted by Crippen LogP contribution is -2.30. The van der Waals surface area contributed by atoms with Crippen molar-refractivity contribution in [1.82, 2.24) is 14.2 Å². The van der Waals surface area contributed by atoms with Gasteiger partial charge in [0.05, 0.1) is 0 Å². The summed E-state index contributed by atoms with van der Waals surface area (Å²) in [5.41, 5.74) is -0.130. The number of carbonyl (C=O) groups is 2. The van der Waals surface area contributed by atoms with Gasteiger partial charge < -0.3 is 14.6 Å². The van der Waals surface area contributed by atoms with Crippen LogP contribution in [0.3, 0.4) is 0 Å². The van der Waals surface area contributed by atoms with E-state index >= 15 is 0 Å². The molecule has 0 spiro atoms. The molecule has 0 aliphatic rings. The number of carboxylic acids is 1. The molecule has 9 heteroatoms. The Hall–Kier alpha value is -1.87. The molecule has 0 aliphatic carbocycles. The average Bonchev–Trinajstić information content (AvgIpc) is 2.71. The number of nitrogens with one attached hydrogen (secondary N) is 1. The Morgan fingerprint density at radius 2 is 2.00 bits per heavy atom. The van der Waals surface area contributed by atoms with Crippen molar-refractivity contribution in [2.24, 2.45) is 7.05 Å². The molecule has 1 rings (SSSR count). The molecule has 1 aromatic heterocycles. The monoisotopic (exact) mass is 303 g/mol. The van der Waals surface area contributed by atoms with E-state index in [1.807, 2.05) is 0 Å². The van der Waals surface area contributed by atoms with Crippen LogP contribution in [0.5, 0.6) is 0 Å². The van der Waals surface area contributed by atoms with Gasteiger partial charge in [0.15, 0.2) is 0 Å². The molecule has 0 atom stereocenters. The van der Waals surface area contributed by atoms with Crippen LogP contribution in [0, 0.1) is 0 Å². The number of amides is 1. The lowest BCUT2D eigenvalue weighted by Gasteiger charge is -2.10. The van der Waals surface area contributed by atoms with Gasteiger partial charge in [0.1, 0.15) is 10.6 Å².